The molecule has 0 rings (SSSR count). The fourth-order valence-electron chi connectivity index (χ4n) is 0.597. The fraction of sp³-hybridized carbons (Fsp3) is 0.500. The quantitative estimate of drug-likeness (QED) is 0.331. The first-order chi connectivity index (χ1) is 4.85. The van der Waals surface area contributed by atoms with E-state index < -0.39 is 0 Å². The van der Waals surface area contributed by atoms with Crippen LogP contribution in [0.2, 0.25) is 0 Å². The lowest BCUT2D eigenvalue weighted by Crippen LogP contribution is -1.78. The first-order valence-corrected chi connectivity index (χ1v) is 3.30. The number of nitrogens with zero attached hydrogens (tertiary/aromatic N) is 1. The standard InChI is InChI=1S/C8H11NO/c1-3-8(4-2)6-5-7-9-10/h1,6H,4-5,7H2,2H3/b8-6-. The Kier molecular flexibility index (Phi) is 5.36. The molecule has 0 aromatic carbocycles. The van der Waals surface area contributed by atoms with E-state index in [0.29, 0.717) is 13.0 Å². The Bertz CT molecular complexity index is 165. The summed E-state index contributed by atoms with van der Waals surface area (Å²) in [6.45, 7) is 2.31. The lowest BCUT2D eigenvalue weighted by atomic mass is 10.2. The Balaban J connectivity index is 3.66. The summed E-state index contributed by atoms with van der Waals surface area (Å²) in [5.41, 5.74) is 0.948. The third-order valence-electron chi connectivity index (χ3n) is 1.18. The van der Waals surface area contributed by atoms with Crippen LogP contribution in [-0.2, 0) is 0 Å². The zero-order valence-electron chi connectivity index (χ0n) is 6.13. The number of hydrogen-bond acceptors (Lipinski definition) is 2. The molecule has 0 atom stereocenters. The highest BCUT2D eigenvalue weighted by atomic mass is 16.3. The summed E-state index contributed by atoms with van der Waals surface area (Å²) in [6.07, 6.45) is 8.53. The maximum atomic E-state index is 9.63. The second kappa shape index (κ2) is 6.03. The van der Waals surface area contributed by atoms with E-state index in [1.165, 1.54) is 0 Å². The van der Waals surface area contributed by atoms with E-state index in [-0.39, 0.29) is 0 Å². The van der Waals surface area contributed by atoms with E-state index in [1.54, 1.807) is 0 Å². The Labute approximate surface area is 61.3 Å². The molecule has 54 valence electrons. The van der Waals surface area contributed by atoms with Crippen LogP contribution in [0, 0.1) is 17.3 Å². The van der Waals surface area contributed by atoms with Gasteiger partial charge in [-0.2, -0.15) is 4.91 Å². The minimum absolute atomic E-state index is 0.325. The van der Waals surface area contributed by atoms with Gasteiger partial charge in [-0.15, -0.1) is 6.42 Å². The van der Waals surface area contributed by atoms with Gasteiger partial charge in [0.15, 0.2) is 0 Å². The highest BCUT2D eigenvalue weighted by Crippen LogP contribution is 1.99. The molecule has 0 aliphatic rings. The predicted octanol–water partition coefficient (Wildman–Crippen LogP) is 2.11. The van der Waals surface area contributed by atoms with Gasteiger partial charge in [0.2, 0.25) is 0 Å². The van der Waals surface area contributed by atoms with Crippen molar-refractivity contribution < 1.29 is 0 Å². The molecule has 0 bridgehead atoms. The average molecular weight is 137 g/mol. The van der Waals surface area contributed by atoms with Crippen molar-refractivity contribution in [2.75, 3.05) is 6.54 Å². The normalized spacial score (nSPS) is 10.6. The lowest BCUT2D eigenvalue weighted by Gasteiger charge is -1.90. The van der Waals surface area contributed by atoms with Crippen molar-refractivity contribution >= 4 is 0 Å². The molecule has 0 aromatic rings. The molecule has 0 N–H and O–H groups in total. The summed E-state index contributed by atoms with van der Waals surface area (Å²) in [5.74, 6) is 2.53. The molecule has 10 heavy (non-hydrogen) atoms. The molecule has 2 heteroatoms. The maximum absolute atomic E-state index is 9.63. The van der Waals surface area contributed by atoms with Crippen LogP contribution in [-0.4, -0.2) is 6.54 Å². The fourth-order valence-corrected chi connectivity index (χ4v) is 0.597. The molecule has 0 aliphatic carbocycles. The van der Waals surface area contributed by atoms with Crippen molar-refractivity contribution in [3.05, 3.63) is 16.6 Å². The Morgan fingerprint density at radius 1 is 1.80 bits per heavy atom. The molecule has 0 unspecified atom stereocenters. The third kappa shape index (κ3) is 3.85. The highest BCUT2D eigenvalue weighted by molar-refractivity contribution is 5.24. The van der Waals surface area contributed by atoms with Gasteiger partial charge in [-0.25, -0.2) is 0 Å². The SMILES string of the molecule is C#C/C(=C/CCN=O)CC. The van der Waals surface area contributed by atoms with E-state index >= 15 is 0 Å². The molecule has 0 aliphatic heterocycles. The van der Waals surface area contributed by atoms with Crippen LogP contribution >= 0.6 is 0 Å². The number of terminal acetylenes is 1. The molecule has 0 saturated heterocycles. The zero-order valence-corrected chi connectivity index (χ0v) is 6.13. The van der Waals surface area contributed by atoms with Gasteiger partial charge in [-0.3, -0.25) is 0 Å². The summed E-state index contributed by atoms with van der Waals surface area (Å²) in [6, 6.07) is 0. The van der Waals surface area contributed by atoms with Gasteiger partial charge in [0, 0.05) is 0 Å². The minimum Gasteiger partial charge on any atom is -0.151 e. The van der Waals surface area contributed by atoms with Gasteiger partial charge in [0.25, 0.3) is 0 Å². The molecule has 0 saturated carbocycles. The van der Waals surface area contributed by atoms with Crippen LogP contribution in [0.5, 0.6) is 0 Å². The number of hydrogen-bond donors (Lipinski definition) is 0. The molecular formula is C8H11NO. The second-order valence-electron chi connectivity index (χ2n) is 1.87. The van der Waals surface area contributed by atoms with Crippen molar-refractivity contribution in [1.29, 1.82) is 0 Å². The molecule has 0 heterocycles. The van der Waals surface area contributed by atoms with Crippen LogP contribution in [0.4, 0.5) is 0 Å². The number of rotatable bonds is 4. The van der Waals surface area contributed by atoms with Crippen molar-refractivity contribution in [3.63, 3.8) is 0 Å². The first kappa shape index (κ1) is 8.90. The smallest absolute Gasteiger partial charge is 0.0846 e. The summed E-state index contributed by atoms with van der Waals surface area (Å²) in [4.78, 5) is 9.63. The number of nitroso groups, excluding NO2 is 1. The Morgan fingerprint density at radius 3 is 2.90 bits per heavy atom. The van der Waals surface area contributed by atoms with Crippen LogP contribution in [0.1, 0.15) is 19.8 Å². The van der Waals surface area contributed by atoms with Crippen LogP contribution in [0.15, 0.2) is 16.8 Å². The zero-order chi connectivity index (χ0) is 7.82. The van der Waals surface area contributed by atoms with Crippen LogP contribution in [0.25, 0.3) is 0 Å². The van der Waals surface area contributed by atoms with Gasteiger partial charge >= 0.3 is 0 Å². The topological polar surface area (TPSA) is 29.4 Å². The average Bonchev–Trinajstić information content (AvgIpc) is 1.99. The van der Waals surface area contributed by atoms with E-state index in [0.717, 1.165) is 12.0 Å². The van der Waals surface area contributed by atoms with Crippen LogP contribution in [0.3, 0.4) is 0 Å². The molecule has 0 amide bonds. The van der Waals surface area contributed by atoms with Gasteiger partial charge in [0.05, 0.1) is 6.54 Å². The molecule has 0 spiro atoms. The third-order valence-corrected chi connectivity index (χ3v) is 1.18. The first-order valence-electron chi connectivity index (χ1n) is 3.30. The monoisotopic (exact) mass is 137 g/mol. The summed E-state index contributed by atoms with van der Waals surface area (Å²) >= 11 is 0. The van der Waals surface area contributed by atoms with Gasteiger partial charge in [0.1, 0.15) is 0 Å². The van der Waals surface area contributed by atoms with E-state index in [4.69, 9.17) is 6.42 Å². The highest BCUT2D eigenvalue weighted by Gasteiger charge is 1.85. The van der Waals surface area contributed by atoms with Gasteiger partial charge in [-0.05, 0) is 18.4 Å². The predicted molar refractivity (Wildman–Crippen MR) is 42.5 cm³/mol. The van der Waals surface area contributed by atoms with Crippen molar-refractivity contribution in [3.8, 4) is 12.3 Å². The summed E-state index contributed by atoms with van der Waals surface area (Å²) in [5, 5.41) is 2.71. The van der Waals surface area contributed by atoms with Crippen molar-refractivity contribution in [1.82, 2.24) is 0 Å². The Morgan fingerprint density at radius 2 is 2.50 bits per heavy atom. The molecule has 0 aromatic heterocycles. The van der Waals surface area contributed by atoms with E-state index in [9.17, 15) is 4.91 Å². The molecule has 0 radical (unpaired) electrons. The van der Waals surface area contributed by atoms with Crippen LogP contribution < -0.4 is 0 Å². The van der Waals surface area contributed by atoms with Gasteiger partial charge in [-0.1, -0.05) is 24.1 Å². The lowest BCUT2D eigenvalue weighted by molar-refractivity contribution is 0.980. The summed E-state index contributed by atoms with van der Waals surface area (Å²) < 4.78 is 0. The van der Waals surface area contributed by atoms with Gasteiger partial charge < -0.3 is 0 Å². The minimum atomic E-state index is 0.325. The summed E-state index contributed by atoms with van der Waals surface area (Å²) in [7, 11) is 0. The maximum Gasteiger partial charge on any atom is 0.0846 e. The molecule has 0 fully saturated rings. The molecular weight excluding hydrogens is 126 g/mol. The number of allylic oxidation sites excluding steroid dienone is 1. The van der Waals surface area contributed by atoms with E-state index in [2.05, 4.69) is 11.1 Å². The molecule has 2 nitrogen and oxygen atoms in total. The largest absolute Gasteiger partial charge is 0.151 e. The second-order valence-corrected chi connectivity index (χ2v) is 1.87. The Hall–Kier alpha value is -1.10. The van der Waals surface area contributed by atoms with Crippen molar-refractivity contribution in [2.45, 2.75) is 19.8 Å². The van der Waals surface area contributed by atoms with E-state index in [1.807, 2.05) is 13.0 Å². The van der Waals surface area contributed by atoms with Crippen molar-refractivity contribution in [2.24, 2.45) is 5.18 Å².